The number of rotatable bonds is 6. The lowest BCUT2D eigenvalue weighted by Crippen LogP contribution is -2.37. The van der Waals surface area contributed by atoms with Crippen LogP contribution in [0.15, 0.2) is 41.3 Å². The first-order valence-corrected chi connectivity index (χ1v) is 11.7. The zero-order valence-electron chi connectivity index (χ0n) is 16.8. The molecule has 2 aromatic carbocycles. The van der Waals surface area contributed by atoms with Crippen LogP contribution in [0.3, 0.4) is 0 Å². The second-order valence-corrected chi connectivity index (χ2v) is 8.90. The first-order valence-electron chi connectivity index (χ1n) is 9.62. The standard InChI is InChI=1S/C22H24N2O3S2/c1-14-6-11-18(26-2)19-20(14)29-22(23-19)24(13-16-5-4-12-27-16)21(25)15-7-9-17(28-3)10-8-15/h6-11,16H,4-5,12-13H2,1-3H3/t16-/m1/s1. The van der Waals surface area contributed by atoms with Crippen molar-refractivity contribution in [3.05, 3.63) is 47.5 Å². The smallest absolute Gasteiger partial charge is 0.260 e. The first kappa shape index (κ1) is 20.2. The number of amides is 1. The van der Waals surface area contributed by atoms with Crippen LogP contribution in [0.5, 0.6) is 5.75 Å². The minimum absolute atomic E-state index is 0.0411. The Morgan fingerprint density at radius 1 is 1.31 bits per heavy atom. The van der Waals surface area contributed by atoms with Crippen molar-refractivity contribution >= 4 is 44.4 Å². The van der Waals surface area contributed by atoms with Crippen LogP contribution in [0.25, 0.3) is 10.2 Å². The van der Waals surface area contributed by atoms with Crippen molar-refractivity contribution in [2.45, 2.75) is 30.8 Å². The number of nitrogens with zero attached hydrogens (tertiary/aromatic N) is 2. The molecule has 1 aliphatic heterocycles. The summed E-state index contributed by atoms with van der Waals surface area (Å²) in [6.07, 6.45) is 4.06. The van der Waals surface area contributed by atoms with Gasteiger partial charge < -0.3 is 9.47 Å². The number of ether oxygens (including phenoxy) is 2. The molecule has 3 aromatic rings. The summed E-state index contributed by atoms with van der Waals surface area (Å²) < 4.78 is 12.4. The summed E-state index contributed by atoms with van der Waals surface area (Å²) in [6.45, 7) is 3.31. The van der Waals surface area contributed by atoms with E-state index in [0.29, 0.717) is 17.2 Å². The fourth-order valence-electron chi connectivity index (χ4n) is 3.51. The zero-order valence-corrected chi connectivity index (χ0v) is 18.4. The highest BCUT2D eigenvalue weighted by atomic mass is 32.2. The van der Waals surface area contributed by atoms with Crippen LogP contribution >= 0.6 is 23.1 Å². The van der Waals surface area contributed by atoms with Gasteiger partial charge in [-0.2, -0.15) is 0 Å². The molecule has 1 fully saturated rings. The van der Waals surface area contributed by atoms with Gasteiger partial charge in [0.2, 0.25) is 0 Å². The van der Waals surface area contributed by atoms with Gasteiger partial charge in [-0.05, 0) is 61.9 Å². The SMILES string of the molecule is COc1ccc(C)c2sc(N(C[C@H]3CCCO3)C(=O)c3ccc(SC)cc3)nc12. The largest absolute Gasteiger partial charge is 0.494 e. The van der Waals surface area contributed by atoms with Crippen molar-refractivity contribution in [2.75, 3.05) is 31.4 Å². The molecule has 1 aliphatic rings. The fourth-order valence-corrected chi connectivity index (χ4v) is 4.98. The highest BCUT2D eigenvalue weighted by molar-refractivity contribution is 7.98. The van der Waals surface area contributed by atoms with Crippen molar-refractivity contribution in [2.24, 2.45) is 0 Å². The van der Waals surface area contributed by atoms with Gasteiger partial charge in [0.15, 0.2) is 5.13 Å². The normalized spacial score (nSPS) is 16.3. The Hall–Kier alpha value is -2.09. The number of thioether (sulfide) groups is 1. The molecule has 7 heteroatoms. The molecule has 5 nitrogen and oxygen atoms in total. The van der Waals surface area contributed by atoms with Crippen molar-refractivity contribution in [1.82, 2.24) is 4.98 Å². The van der Waals surface area contributed by atoms with Gasteiger partial charge in [0.25, 0.3) is 5.91 Å². The van der Waals surface area contributed by atoms with E-state index < -0.39 is 0 Å². The highest BCUT2D eigenvalue weighted by Crippen LogP contribution is 2.37. The van der Waals surface area contributed by atoms with Gasteiger partial charge >= 0.3 is 0 Å². The molecule has 1 atom stereocenters. The van der Waals surface area contributed by atoms with Crippen LogP contribution in [0.2, 0.25) is 0 Å². The number of carbonyl (C=O) groups excluding carboxylic acids is 1. The molecule has 1 aromatic heterocycles. The molecular weight excluding hydrogens is 404 g/mol. The van der Waals surface area contributed by atoms with Gasteiger partial charge in [0.1, 0.15) is 11.3 Å². The number of hydrogen-bond donors (Lipinski definition) is 0. The fraction of sp³-hybridized carbons (Fsp3) is 0.364. The molecule has 0 saturated carbocycles. The van der Waals surface area contributed by atoms with E-state index >= 15 is 0 Å². The lowest BCUT2D eigenvalue weighted by Gasteiger charge is -2.23. The number of fused-ring (bicyclic) bond motifs is 1. The Balaban J connectivity index is 1.74. The topological polar surface area (TPSA) is 51.7 Å². The van der Waals surface area contributed by atoms with Crippen LogP contribution in [-0.4, -0.2) is 43.5 Å². The summed E-state index contributed by atoms with van der Waals surface area (Å²) in [4.78, 5) is 21.2. The van der Waals surface area contributed by atoms with E-state index in [0.717, 1.165) is 45.9 Å². The second-order valence-electron chi connectivity index (χ2n) is 7.04. The Bertz CT molecular complexity index is 1010. The van der Waals surface area contributed by atoms with Crippen molar-refractivity contribution in [3.8, 4) is 5.75 Å². The van der Waals surface area contributed by atoms with E-state index in [1.807, 2.05) is 42.7 Å². The Labute approximate surface area is 179 Å². The Kier molecular flexibility index (Phi) is 6.08. The average molecular weight is 429 g/mol. The quantitative estimate of drug-likeness (QED) is 0.508. The maximum atomic E-state index is 13.4. The van der Waals surface area contributed by atoms with Crippen molar-refractivity contribution < 1.29 is 14.3 Å². The molecule has 0 N–H and O–H groups in total. The average Bonchev–Trinajstić information content (AvgIpc) is 3.42. The number of anilines is 1. The van der Waals surface area contributed by atoms with Gasteiger partial charge in [-0.1, -0.05) is 17.4 Å². The summed E-state index contributed by atoms with van der Waals surface area (Å²) in [5.41, 5.74) is 2.58. The highest BCUT2D eigenvalue weighted by Gasteiger charge is 2.27. The maximum absolute atomic E-state index is 13.4. The molecule has 0 radical (unpaired) electrons. The van der Waals surface area contributed by atoms with E-state index in [1.165, 1.54) is 11.3 Å². The predicted octanol–water partition coefficient (Wildman–Crippen LogP) is 5.16. The van der Waals surface area contributed by atoms with Crippen LogP contribution < -0.4 is 9.64 Å². The molecular formula is C22H24N2O3S2. The van der Waals surface area contributed by atoms with Gasteiger partial charge in [0.05, 0.1) is 24.5 Å². The van der Waals surface area contributed by atoms with Crippen LogP contribution in [0.1, 0.15) is 28.8 Å². The van der Waals surface area contributed by atoms with Gasteiger partial charge in [0, 0.05) is 17.1 Å². The third kappa shape index (κ3) is 4.13. The number of aromatic nitrogens is 1. The molecule has 152 valence electrons. The van der Waals surface area contributed by atoms with E-state index in [4.69, 9.17) is 14.5 Å². The van der Waals surface area contributed by atoms with Crippen molar-refractivity contribution in [1.29, 1.82) is 0 Å². The third-order valence-electron chi connectivity index (χ3n) is 5.14. The van der Waals surface area contributed by atoms with Crippen LogP contribution in [-0.2, 0) is 4.74 Å². The minimum Gasteiger partial charge on any atom is -0.494 e. The molecule has 1 saturated heterocycles. The van der Waals surface area contributed by atoms with E-state index in [1.54, 1.807) is 23.8 Å². The molecule has 29 heavy (non-hydrogen) atoms. The van der Waals surface area contributed by atoms with Gasteiger partial charge in [-0.25, -0.2) is 4.98 Å². The monoisotopic (exact) mass is 428 g/mol. The number of benzene rings is 2. The number of aryl methyl sites for hydroxylation is 1. The van der Waals surface area contributed by atoms with Crippen LogP contribution in [0, 0.1) is 6.92 Å². The Morgan fingerprint density at radius 2 is 2.10 bits per heavy atom. The lowest BCUT2D eigenvalue weighted by molar-refractivity contribution is 0.0917. The molecule has 4 rings (SSSR count). The summed E-state index contributed by atoms with van der Waals surface area (Å²) in [6, 6.07) is 11.7. The van der Waals surface area contributed by atoms with E-state index in [9.17, 15) is 4.79 Å². The van der Waals surface area contributed by atoms with Crippen LogP contribution in [0.4, 0.5) is 5.13 Å². The second kappa shape index (κ2) is 8.73. The van der Waals surface area contributed by atoms with E-state index in [-0.39, 0.29) is 12.0 Å². The predicted molar refractivity (Wildman–Crippen MR) is 120 cm³/mol. The molecule has 2 heterocycles. The number of thiazole rings is 1. The number of hydrogen-bond acceptors (Lipinski definition) is 6. The summed E-state index contributed by atoms with van der Waals surface area (Å²) >= 11 is 3.19. The summed E-state index contributed by atoms with van der Waals surface area (Å²) in [5.74, 6) is 0.672. The lowest BCUT2D eigenvalue weighted by atomic mass is 10.2. The maximum Gasteiger partial charge on any atom is 0.260 e. The zero-order chi connectivity index (χ0) is 20.4. The molecule has 0 spiro atoms. The van der Waals surface area contributed by atoms with E-state index in [2.05, 4.69) is 6.92 Å². The Morgan fingerprint density at radius 3 is 2.76 bits per heavy atom. The number of methoxy groups -OCH3 is 1. The summed E-state index contributed by atoms with van der Waals surface area (Å²) in [7, 11) is 1.64. The molecule has 0 bridgehead atoms. The molecule has 0 unspecified atom stereocenters. The minimum atomic E-state index is -0.0520. The van der Waals surface area contributed by atoms with Gasteiger partial charge in [-0.3, -0.25) is 9.69 Å². The molecule has 0 aliphatic carbocycles. The summed E-state index contributed by atoms with van der Waals surface area (Å²) in [5, 5.41) is 0.682. The molecule has 1 amide bonds. The first-order chi connectivity index (χ1) is 14.1. The number of carbonyl (C=O) groups is 1. The van der Waals surface area contributed by atoms with Crippen molar-refractivity contribution in [3.63, 3.8) is 0 Å². The third-order valence-corrected chi connectivity index (χ3v) is 7.09. The van der Waals surface area contributed by atoms with Gasteiger partial charge in [-0.15, -0.1) is 11.8 Å².